The number of H-pyrrole nitrogens is 1. The van der Waals surface area contributed by atoms with Gasteiger partial charge in [0.05, 0.1) is 0 Å². The number of rotatable bonds is 1. The van der Waals surface area contributed by atoms with Crippen molar-refractivity contribution in [3.05, 3.63) is 32.1 Å². The average Bonchev–Trinajstić information content (AvgIpc) is 2.56. The van der Waals surface area contributed by atoms with E-state index in [4.69, 9.17) is 5.48 Å². The van der Waals surface area contributed by atoms with E-state index in [0.29, 0.717) is 0 Å². The van der Waals surface area contributed by atoms with Gasteiger partial charge in [0.25, 0.3) is 5.56 Å². The Morgan fingerprint density at radius 3 is 2.76 bits per heavy atom. The highest BCUT2D eigenvalue weighted by atomic mass is 16.2. The van der Waals surface area contributed by atoms with Gasteiger partial charge in [-0.15, -0.1) is 0 Å². The number of nitrogens with zero attached hydrogens (tertiary/aromatic N) is 1. The minimum absolute atomic E-state index is 0.104. The van der Waals surface area contributed by atoms with Gasteiger partial charge in [0.2, 0.25) is 0 Å². The molecule has 1 heterocycles. The summed E-state index contributed by atoms with van der Waals surface area (Å²) in [5.74, 6) is 0. The van der Waals surface area contributed by atoms with Crippen molar-refractivity contribution >= 4 is 0 Å². The molecule has 92 valence electrons. The van der Waals surface area contributed by atoms with E-state index in [1.165, 1.54) is 0 Å². The Morgan fingerprint density at radius 1 is 1.24 bits per heavy atom. The Hall–Kier alpha value is -1.32. The predicted molar refractivity (Wildman–Crippen MR) is 65.5 cm³/mol. The first kappa shape index (κ1) is 7.19. The van der Waals surface area contributed by atoms with Gasteiger partial charge in [-0.1, -0.05) is 19.3 Å². The molecule has 0 spiro atoms. The third kappa shape index (κ3) is 1.75. The van der Waals surface area contributed by atoms with Crippen LogP contribution < -0.4 is 11.2 Å². The quantitative estimate of drug-likeness (QED) is 0.806. The molecule has 0 aliphatic heterocycles. The van der Waals surface area contributed by atoms with Crippen LogP contribution in [0.5, 0.6) is 0 Å². The highest BCUT2D eigenvalue weighted by Gasteiger charge is 2.23. The van der Waals surface area contributed by atoms with Crippen LogP contribution in [0.3, 0.4) is 0 Å². The van der Waals surface area contributed by atoms with Gasteiger partial charge in [-0.3, -0.25) is 9.36 Å². The number of hydrogen-bond acceptors (Lipinski definition) is 2. The smallest absolute Gasteiger partial charge is 0.311 e. The van der Waals surface area contributed by atoms with Crippen LogP contribution in [-0.4, -0.2) is 9.55 Å². The molecule has 1 N–H and O–H groups in total. The second-order valence-electron chi connectivity index (χ2n) is 4.73. The summed E-state index contributed by atoms with van der Waals surface area (Å²) >= 11 is 0. The van der Waals surface area contributed by atoms with Gasteiger partial charge in [0, 0.05) is 22.8 Å². The van der Waals surface area contributed by atoms with Gasteiger partial charge in [-0.25, -0.2) is 4.79 Å². The molecule has 1 aromatic rings. The molecule has 0 atom stereocenters. The zero-order valence-corrected chi connectivity index (χ0v) is 9.58. The van der Waals surface area contributed by atoms with Gasteiger partial charge in [-0.2, -0.15) is 0 Å². The number of aryl methyl sites for hydroxylation is 1. The minimum Gasteiger partial charge on any atom is -0.311 e. The van der Waals surface area contributed by atoms with Crippen LogP contribution in [0, 0.1) is 0 Å². The van der Waals surface area contributed by atoms with Crippen LogP contribution >= 0.6 is 0 Å². The van der Waals surface area contributed by atoms with Crippen LogP contribution in [0.4, 0.5) is 0 Å². The Balaban J connectivity index is 2.19. The average molecular weight is 238 g/mol. The highest BCUT2D eigenvalue weighted by molar-refractivity contribution is 5.22. The maximum atomic E-state index is 12.6. The predicted octanol–water partition coefficient (Wildman–Crippen LogP) is 1.53. The van der Waals surface area contributed by atoms with Crippen molar-refractivity contribution in [2.24, 2.45) is 0 Å². The maximum Gasteiger partial charge on any atom is 0.328 e. The fraction of sp³-hybridized carbons (Fsp3) is 0.692. The lowest BCUT2D eigenvalue weighted by Crippen LogP contribution is -2.40. The summed E-state index contributed by atoms with van der Waals surface area (Å²) in [6.07, 6.45) is -0.385. The zero-order valence-electron chi connectivity index (χ0n) is 13.6. The van der Waals surface area contributed by atoms with E-state index in [9.17, 15) is 9.59 Å². The lowest BCUT2D eigenvalue weighted by atomic mass is 9.95. The first-order valence-corrected chi connectivity index (χ1v) is 6.14. The van der Waals surface area contributed by atoms with Crippen molar-refractivity contribution in [1.29, 1.82) is 0 Å². The molecular weight excluding hydrogens is 216 g/mol. The molecule has 4 heteroatoms. The summed E-state index contributed by atoms with van der Waals surface area (Å²) in [6, 6.07) is -0.206. The van der Waals surface area contributed by atoms with E-state index in [1.54, 1.807) is 0 Å². The Bertz CT molecular complexity index is 686. The van der Waals surface area contributed by atoms with Crippen molar-refractivity contribution in [3.63, 3.8) is 0 Å². The van der Waals surface area contributed by atoms with E-state index in [2.05, 4.69) is 4.98 Å². The molecule has 0 amide bonds. The van der Waals surface area contributed by atoms with Crippen LogP contribution in [0.2, 0.25) is 0 Å². The summed E-state index contributed by atoms with van der Waals surface area (Å²) in [4.78, 5) is 27.3. The van der Waals surface area contributed by atoms with E-state index in [-0.39, 0.29) is 23.7 Å². The van der Waals surface area contributed by atoms with Crippen LogP contribution in [0.25, 0.3) is 0 Å². The van der Waals surface area contributed by atoms with Crippen molar-refractivity contribution in [1.82, 2.24) is 9.55 Å². The molecule has 0 radical (unpaired) electrons. The number of aromatic amines is 1. The Morgan fingerprint density at radius 2 is 2.00 bits per heavy atom. The summed E-state index contributed by atoms with van der Waals surface area (Å²) < 4.78 is 32.6. The van der Waals surface area contributed by atoms with Crippen LogP contribution in [0.15, 0.2) is 9.59 Å². The van der Waals surface area contributed by atoms with Crippen molar-refractivity contribution in [2.75, 3.05) is 0 Å². The van der Waals surface area contributed by atoms with Gasteiger partial charge >= 0.3 is 5.69 Å². The van der Waals surface area contributed by atoms with E-state index in [0.717, 1.165) is 36.7 Å². The third-order valence-electron chi connectivity index (χ3n) is 3.63. The molecule has 0 saturated heterocycles. The van der Waals surface area contributed by atoms with Crippen LogP contribution in [0.1, 0.15) is 61.3 Å². The first-order chi connectivity index (χ1) is 9.75. The van der Waals surface area contributed by atoms with E-state index >= 15 is 0 Å². The van der Waals surface area contributed by atoms with Crippen LogP contribution in [-0.2, 0) is 12.8 Å². The lowest BCUT2D eigenvalue weighted by molar-refractivity contribution is 0.335. The summed E-state index contributed by atoms with van der Waals surface area (Å²) in [5, 5.41) is 0. The summed E-state index contributed by atoms with van der Waals surface area (Å²) in [6.45, 7) is 0. The summed E-state index contributed by atoms with van der Waals surface area (Å²) in [7, 11) is 0. The molecule has 1 fully saturated rings. The number of hydrogen-bond donors (Lipinski definition) is 1. The van der Waals surface area contributed by atoms with Crippen molar-refractivity contribution in [2.45, 2.75) is 57.3 Å². The van der Waals surface area contributed by atoms with Gasteiger partial charge < -0.3 is 4.98 Å². The first-order valence-electron chi connectivity index (χ1n) is 8.14. The molecule has 17 heavy (non-hydrogen) atoms. The lowest BCUT2D eigenvalue weighted by Gasteiger charge is -2.23. The van der Waals surface area contributed by atoms with Gasteiger partial charge in [0.1, 0.15) is 0 Å². The molecular formula is C13H18N2O2. The second-order valence-corrected chi connectivity index (χ2v) is 4.73. The Labute approximate surface area is 105 Å². The number of nitrogens with one attached hydrogen (secondary N) is 1. The summed E-state index contributed by atoms with van der Waals surface area (Å²) in [5.41, 5.74) is -1.31. The van der Waals surface area contributed by atoms with Gasteiger partial charge in [0.15, 0.2) is 0 Å². The van der Waals surface area contributed by atoms with Crippen molar-refractivity contribution < 1.29 is 5.48 Å². The fourth-order valence-corrected chi connectivity index (χ4v) is 2.75. The molecule has 0 bridgehead atoms. The molecule has 0 aromatic carbocycles. The molecule has 4 nitrogen and oxygen atoms in total. The fourth-order valence-electron chi connectivity index (χ4n) is 2.75. The normalized spacial score (nSPS) is 29.9. The van der Waals surface area contributed by atoms with Gasteiger partial charge in [-0.05, 0) is 32.0 Å². The third-order valence-corrected chi connectivity index (χ3v) is 3.63. The Kier molecular flexibility index (Phi) is 1.76. The molecule has 1 saturated carbocycles. The standard InChI is InChI=1S/C13H18N2O2/c16-12-10-7-4-8-11(10)14-13(17)15(12)9-5-2-1-3-6-9/h9H,1-8H2,(H,14,17)/i4D2,7D2. The molecule has 2 aliphatic carbocycles. The number of aromatic nitrogens is 2. The molecule has 3 rings (SSSR count). The molecule has 1 aromatic heterocycles. The minimum atomic E-state index is -2.37. The largest absolute Gasteiger partial charge is 0.328 e. The SMILES string of the molecule is [2H]C1([2H])Cc2[nH]c(=O)n(C3CCCCC3)c(=O)c2C1([2H])[2H]. The second kappa shape index (κ2) is 4.17. The highest BCUT2D eigenvalue weighted by Crippen LogP contribution is 2.26. The number of fused-ring (bicyclic) bond motifs is 1. The topological polar surface area (TPSA) is 54.9 Å². The molecule has 0 unspecified atom stereocenters. The van der Waals surface area contributed by atoms with E-state index < -0.39 is 24.0 Å². The van der Waals surface area contributed by atoms with E-state index in [1.807, 2.05) is 0 Å². The zero-order chi connectivity index (χ0) is 15.4. The maximum absolute atomic E-state index is 12.6. The van der Waals surface area contributed by atoms with Crippen molar-refractivity contribution in [3.8, 4) is 0 Å². The monoisotopic (exact) mass is 238 g/mol. The molecule has 2 aliphatic rings.